The Bertz CT molecular complexity index is 713. The highest BCUT2D eigenvalue weighted by molar-refractivity contribution is 7.89. The molecule has 1 aromatic rings. The molecule has 8 nitrogen and oxygen atoms in total. The number of hydrogen-bond acceptors (Lipinski definition) is 6. The number of rotatable bonds is 3. The average molecular weight is 355 g/mol. The van der Waals surface area contributed by atoms with E-state index < -0.39 is 49.6 Å². The molecule has 2 N–H and O–H groups in total. The minimum Gasteiger partial charge on any atom is -0.387 e. The van der Waals surface area contributed by atoms with E-state index in [1.165, 1.54) is 0 Å². The first-order valence-electron chi connectivity index (χ1n) is 4.68. The molecule has 0 atom stereocenters. The highest BCUT2D eigenvalue weighted by Gasteiger charge is 2.47. The van der Waals surface area contributed by atoms with Gasteiger partial charge in [-0.2, -0.15) is 18.2 Å². The van der Waals surface area contributed by atoms with Gasteiger partial charge in [0.2, 0.25) is 5.88 Å². The first-order chi connectivity index (χ1) is 9.63. The topological polar surface area (TPSA) is 125 Å². The Labute approximate surface area is 116 Å². The van der Waals surface area contributed by atoms with Crippen LogP contribution in [0.15, 0.2) is 11.1 Å². The Balaban J connectivity index is 3.83. The third-order valence-electron chi connectivity index (χ3n) is 1.93. The second kappa shape index (κ2) is 5.24. The van der Waals surface area contributed by atoms with Gasteiger partial charge < -0.3 is 4.74 Å². The first kappa shape index (κ1) is 17.9. The number of ether oxygens (including phenoxy) is 1. The molecule has 1 aromatic heterocycles. The van der Waals surface area contributed by atoms with Gasteiger partial charge in [-0.1, -0.05) is 0 Å². The maximum Gasteiger partial charge on any atom is 0.574 e. The molecule has 0 bridgehead atoms. The number of halogens is 6. The maximum absolute atomic E-state index is 12.7. The van der Waals surface area contributed by atoms with Crippen LogP contribution in [0.4, 0.5) is 32.0 Å². The van der Waals surface area contributed by atoms with Gasteiger partial charge in [0.1, 0.15) is 0 Å². The van der Waals surface area contributed by atoms with Crippen LogP contribution in [-0.2, 0) is 16.2 Å². The number of sulfonamides is 1. The fourth-order valence-electron chi connectivity index (χ4n) is 1.23. The summed E-state index contributed by atoms with van der Waals surface area (Å²) in [4.78, 5) is 11.3. The van der Waals surface area contributed by atoms with Gasteiger partial charge in [0, 0.05) is 0 Å². The lowest BCUT2D eigenvalue weighted by molar-refractivity contribution is -0.388. The number of hydrogen-bond donors (Lipinski definition) is 1. The van der Waals surface area contributed by atoms with Crippen molar-refractivity contribution in [3.05, 3.63) is 21.7 Å². The van der Waals surface area contributed by atoms with Crippen LogP contribution < -0.4 is 9.88 Å². The largest absolute Gasteiger partial charge is 0.574 e. The molecule has 1 heterocycles. The van der Waals surface area contributed by atoms with Crippen LogP contribution in [0.25, 0.3) is 0 Å². The van der Waals surface area contributed by atoms with Crippen LogP contribution in [0.5, 0.6) is 5.88 Å². The van der Waals surface area contributed by atoms with Crippen molar-refractivity contribution in [3.8, 4) is 5.88 Å². The molecule has 0 radical (unpaired) electrons. The number of primary sulfonamides is 1. The van der Waals surface area contributed by atoms with Crippen LogP contribution in [0.3, 0.4) is 0 Å². The van der Waals surface area contributed by atoms with Gasteiger partial charge in [-0.25, -0.2) is 13.6 Å². The van der Waals surface area contributed by atoms with E-state index >= 15 is 0 Å². The molecule has 124 valence electrons. The summed E-state index contributed by atoms with van der Waals surface area (Å²) in [6.45, 7) is 0. The molecular formula is C7H3F6N3O5S. The Morgan fingerprint density at radius 1 is 1.23 bits per heavy atom. The van der Waals surface area contributed by atoms with E-state index in [0.717, 1.165) is 0 Å². The van der Waals surface area contributed by atoms with Gasteiger partial charge >= 0.3 is 12.5 Å². The first-order valence-corrected chi connectivity index (χ1v) is 6.22. The summed E-state index contributed by atoms with van der Waals surface area (Å²) >= 11 is 0. The van der Waals surface area contributed by atoms with Gasteiger partial charge in [0.05, 0.1) is 11.0 Å². The van der Waals surface area contributed by atoms with Crippen molar-refractivity contribution in [1.29, 1.82) is 0 Å². The summed E-state index contributed by atoms with van der Waals surface area (Å²) in [5.74, 6) is -2.35. The highest BCUT2D eigenvalue weighted by Crippen LogP contribution is 2.43. The van der Waals surface area contributed by atoms with Crippen molar-refractivity contribution in [1.82, 2.24) is 4.98 Å². The lowest BCUT2D eigenvalue weighted by Crippen LogP contribution is -2.24. The van der Waals surface area contributed by atoms with Crippen molar-refractivity contribution < 1.29 is 44.4 Å². The molecule has 0 aliphatic carbocycles. The summed E-state index contributed by atoms with van der Waals surface area (Å²) in [5, 5.41) is 13.5. The minimum atomic E-state index is -5.71. The fraction of sp³-hybridized carbons (Fsp3) is 0.286. The molecule has 0 aromatic carbocycles. The molecule has 0 aliphatic rings. The molecule has 0 unspecified atom stereocenters. The molecule has 0 saturated heterocycles. The zero-order valence-electron chi connectivity index (χ0n) is 9.77. The number of nitro groups is 1. The molecule has 0 aliphatic heterocycles. The lowest BCUT2D eigenvalue weighted by atomic mass is 10.2. The number of pyridine rings is 1. The summed E-state index contributed by atoms with van der Waals surface area (Å²) in [6, 6.07) is -0.221. The lowest BCUT2D eigenvalue weighted by Gasteiger charge is -2.15. The van der Waals surface area contributed by atoms with Gasteiger partial charge in [-0.3, -0.25) is 10.1 Å². The van der Waals surface area contributed by atoms with Crippen molar-refractivity contribution in [2.45, 2.75) is 17.6 Å². The van der Waals surface area contributed by atoms with Crippen molar-refractivity contribution >= 4 is 15.7 Å². The van der Waals surface area contributed by atoms with Gasteiger partial charge in [-0.05, 0) is 0 Å². The van der Waals surface area contributed by atoms with Crippen molar-refractivity contribution in [2.75, 3.05) is 0 Å². The second-order valence-electron chi connectivity index (χ2n) is 3.51. The molecule has 15 heteroatoms. The summed E-state index contributed by atoms with van der Waals surface area (Å²) in [5.41, 5.74) is -4.51. The van der Waals surface area contributed by atoms with Crippen LogP contribution in [-0.4, -0.2) is 24.7 Å². The Kier molecular flexibility index (Phi) is 4.26. The normalized spacial score (nSPS) is 13.0. The minimum absolute atomic E-state index is 0.221. The smallest absolute Gasteiger partial charge is 0.387 e. The van der Waals surface area contributed by atoms with E-state index in [9.17, 15) is 44.9 Å². The third kappa shape index (κ3) is 4.17. The number of alkyl halides is 6. The standard InChI is InChI=1S/C7H3F6N3O5S/c8-6(9,10)4-2(16(17)18)1-3(22(14,19)20)15-5(4)21-7(11,12)13/h1H,(H2,14,19,20). The highest BCUT2D eigenvalue weighted by atomic mass is 32.2. The van der Waals surface area contributed by atoms with Crippen LogP contribution >= 0.6 is 0 Å². The summed E-state index contributed by atoms with van der Waals surface area (Å²) < 4.78 is 99.2. The fourth-order valence-corrected chi connectivity index (χ4v) is 1.71. The zero-order valence-corrected chi connectivity index (χ0v) is 10.6. The van der Waals surface area contributed by atoms with E-state index in [-0.39, 0.29) is 6.07 Å². The monoisotopic (exact) mass is 355 g/mol. The van der Waals surface area contributed by atoms with Crippen LogP contribution in [0.1, 0.15) is 5.56 Å². The van der Waals surface area contributed by atoms with Gasteiger partial charge in [-0.15, -0.1) is 13.2 Å². The Morgan fingerprint density at radius 3 is 2.05 bits per heavy atom. The van der Waals surface area contributed by atoms with E-state index in [0.29, 0.717) is 0 Å². The molecular weight excluding hydrogens is 352 g/mol. The molecule has 22 heavy (non-hydrogen) atoms. The third-order valence-corrected chi connectivity index (χ3v) is 2.72. The summed E-state index contributed by atoms with van der Waals surface area (Å²) in [6.07, 6.45) is -11.4. The predicted molar refractivity (Wildman–Crippen MR) is 53.9 cm³/mol. The van der Waals surface area contributed by atoms with Crippen molar-refractivity contribution in [2.24, 2.45) is 5.14 Å². The molecule has 0 amide bonds. The SMILES string of the molecule is NS(=O)(=O)c1cc([N+](=O)[O-])c(C(F)(F)F)c(OC(F)(F)F)n1. The van der Waals surface area contributed by atoms with Crippen molar-refractivity contribution in [3.63, 3.8) is 0 Å². The maximum atomic E-state index is 12.7. The van der Waals surface area contributed by atoms with E-state index in [2.05, 4.69) is 14.9 Å². The number of aromatic nitrogens is 1. The zero-order chi connectivity index (χ0) is 17.5. The Hall–Kier alpha value is -2.16. The summed E-state index contributed by atoms with van der Waals surface area (Å²) in [7, 11) is -4.93. The number of nitrogens with two attached hydrogens (primary N) is 1. The molecule has 0 fully saturated rings. The van der Waals surface area contributed by atoms with Gasteiger partial charge in [0.25, 0.3) is 15.7 Å². The van der Waals surface area contributed by atoms with E-state index in [1.807, 2.05) is 0 Å². The van der Waals surface area contributed by atoms with Crippen LogP contribution in [0, 0.1) is 10.1 Å². The van der Waals surface area contributed by atoms with Gasteiger partial charge in [0.15, 0.2) is 10.6 Å². The van der Waals surface area contributed by atoms with Crippen LogP contribution in [0.2, 0.25) is 0 Å². The molecule has 0 spiro atoms. The average Bonchev–Trinajstić information content (AvgIpc) is 2.22. The molecule has 0 saturated carbocycles. The Morgan fingerprint density at radius 2 is 1.73 bits per heavy atom. The predicted octanol–water partition coefficient (Wildman–Crippen LogP) is 1.55. The second-order valence-corrected chi connectivity index (χ2v) is 5.02. The molecule has 1 rings (SSSR count). The van der Waals surface area contributed by atoms with E-state index in [1.54, 1.807) is 0 Å². The number of nitrogens with zero attached hydrogens (tertiary/aromatic N) is 2. The quantitative estimate of drug-likeness (QED) is 0.498. The van der Waals surface area contributed by atoms with E-state index in [4.69, 9.17) is 0 Å².